The van der Waals surface area contributed by atoms with Gasteiger partial charge in [-0.25, -0.2) is 9.78 Å². The molecule has 2 aromatic heterocycles. The zero-order valence-electron chi connectivity index (χ0n) is 19.4. The summed E-state index contributed by atoms with van der Waals surface area (Å²) in [5.74, 6) is 0.138. The van der Waals surface area contributed by atoms with Crippen molar-refractivity contribution in [3.63, 3.8) is 0 Å². The van der Waals surface area contributed by atoms with E-state index in [1.54, 1.807) is 30.2 Å². The second-order valence-corrected chi connectivity index (χ2v) is 10.3. The van der Waals surface area contributed by atoms with E-state index in [1.807, 2.05) is 20.8 Å². The molecule has 0 aromatic carbocycles. The molecule has 1 N–H and O–H groups in total. The third kappa shape index (κ3) is 5.99. The van der Waals surface area contributed by atoms with Gasteiger partial charge in [0.15, 0.2) is 23.7 Å². The van der Waals surface area contributed by atoms with Gasteiger partial charge in [-0.05, 0) is 66.0 Å². The minimum Gasteiger partial charge on any atom is -0.444 e. The lowest BCUT2D eigenvalue weighted by Crippen LogP contribution is -2.47. The maximum Gasteiger partial charge on any atom is 0.410 e. The highest BCUT2D eigenvalue weighted by Crippen LogP contribution is 2.25. The lowest BCUT2D eigenvalue weighted by Gasteiger charge is -2.34. The van der Waals surface area contributed by atoms with Crippen molar-refractivity contribution in [3.05, 3.63) is 11.6 Å². The topological polar surface area (TPSA) is 111 Å². The monoisotopic (exact) mass is 466 g/mol. The van der Waals surface area contributed by atoms with Crippen LogP contribution < -0.4 is 5.32 Å². The molecular weight excluding hydrogens is 436 g/mol. The molecule has 0 spiro atoms. The number of piperidine rings is 1. The summed E-state index contributed by atoms with van der Waals surface area (Å²) in [4.78, 5) is 39.2. The Morgan fingerprint density at radius 3 is 2.59 bits per heavy atom. The van der Waals surface area contributed by atoms with Crippen LogP contribution in [0.1, 0.15) is 54.4 Å². The van der Waals surface area contributed by atoms with Gasteiger partial charge in [-0.15, -0.1) is 0 Å². The van der Waals surface area contributed by atoms with Gasteiger partial charge in [0.25, 0.3) is 0 Å². The number of imidazole rings is 1. The standard InChI is InChI=1S/C21H31ClN6O4/c1-20(2,3)17(29)31-12-28-11-23-14-15(25-18(22)26-16(14)28)24-13-8-7-9-27(10-13)19(30)32-21(4,5)6/h11,13H,7-10,12H2,1-6H3,(H,24,25,26)/t13-/m1/s1. The first-order chi connectivity index (χ1) is 14.8. The molecule has 0 radical (unpaired) electrons. The van der Waals surface area contributed by atoms with Crippen LogP contribution in [0.25, 0.3) is 11.2 Å². The number of anilines is 1. The highest BCUT2D eigenvalue weighted by atomic mass is 35.5. The van der Waals surface area contributed by atoms with Crippen LogP contribution in [0.5, 0.6) is 0 Å². The van der Waals surface area contributed by atoms with Crippen LogP contribution in [0, 0.1) is 5.41 Å². The highest BCUT2D eigenvalue weighted by Gasteiger charge is 2.29. The molecule has 0 bridgehead atoms. The van der Waals surface area contributed by atoms with Gasteiger partial charge >= 0.3 is 12.1 Å². The van der Waals surface area contributed by atoms with Crippen molar-refractivity contribution in [1.82, 2.24) is 24.4 Å². The molecule has 1 aliphatic heterocycles. The van der Waals surface area contributed by atoms with E-state index >= 15 is 0 Å². The number of hydrogen-bond acceptors (Lipinski definition) is 8. The first-order valence-corrected chi connectivity index (χ1v) is 11.0. The smallest absolute Gasteiger partial charge is 0.410 e. The summed E-state index contributed by atoms with van der Waals surface area (Å²) in [6, 6.07) is -0.0469. The molecule has 0 unspecified atom stereocenters. The zero-order chi connectivity index (χ0) is 23.7. The first kappa shape index (κ1) is 24.0. The predicted octanol–water partition coefficient (Wildman–Crippen LogP) is 3.84. The van der Waals surface area contributed by atoms with Crippen molar-refractivity contribution < 1.29 is 19.1 Å². The van der Waals surface area contributed by atoms with Crippen LogP contribution in [0.2, 0.25) is 5.28 Å². The first-order valence-electron chi connectivity index (χ1n) is 10.6. The number of esters is 1. The number of fused-ring (bicyclic) bond motifs is 1. The normalized spacial score (nSPS) is 17.3. The van der Waals surface area contributed by atoms with Crippen molar-refractivity contribution in [2.45, 2.75) is 72.8 Å². The van der Waals surface area contributed by atoms with E-state index in [0.29, 0.717) is 30.1 Å². The summed E-state index contributed by atoms with van der Waals surface area (Å²) in [7, 11) is 0. The molecule has 1 amide bonds. The van der Waals surface area contributed by atoms with Gasteiger partial charge in [-0.3, -0.25) is 9.36 Å². The van der Waals surface area contributed by atoms with Crippen LogP contribution in [0.4, 0.5) is 10.6 Å². The predicted molar refractivity (Wildman–Crippen MR) is 120 cm³/mol. The molecular formula is C21H31ClN6O4. The zero-order valence-corrected chi connectivity index (χ0v) is 20.2. The van der Waals surface area contributed by atoms with E-state index in [0.717, 1.165) is 12.8 Å². The Labute approximate surface area is 192 Å². The van der Waals surface area contributed by atoms with E-state index in [1.165, 1.54) is 6.33 Å². The Balaban J connectivity index is 1.74. The number of amides is 1. The van der Waals surface area contributed by atoms with Crippen LogP contribution in [0.3, 0.4) is 0 Å². The second-order valence-electron chi connectivity index (χ2n) is 9.95. The van der Waals surface area contributed by atoms with Crippen molar-refractivity contribution in [2.75, 3.05) is 18.4 Å². The van der Waals surface area contributed by atoms with Gasteiger partial charge < -0.3 is 19.7 Å². The number of nitrogens with zero attached hydrogens (tertiary/aromatic N) is 5. The van der Waals surface area contributed by atoms with E-state index in [2.05, 4.69) is 20.3 Å². The Bertz CT molecular complexity index is 995. The third-order valence-electron chi connectivity index (χ3n) is 4.80. The van der Waals surface area contributed by atoms with E-state index in [-0.39, 0.29) is 30.1 Å². The quantitative estimate of drug-likeness (QED) is 0.534. The van der Waals surface area contributed by atoms with E-state index in [9.17, 15) is 9.59 Å². The average Bonchev–Trinajstić information content (AvgIpc) is 3.07. The summed E-state index contributed by atoms with van der Waals surface area (Å²) in [5.41, 5.74) is -0.200. The number of rotatable bonds is 4. The van der Waals surface area contributed by atoms with E-state index in [4.69, 9.17) is 21.1 Å². The molecule has 32 heavy (non-hydrogen) atoms. The largest absolute Gasteiger partial charge is 0.444 e. The Kier molecular flexibility index (Phi) is 6.83. The number of likely N-dealkylation sites (tertiary alicyclic amines) is 1. The van der Waals surface area contributed by atoms with Gasteiger partial charge in [0.05, 0.1) is 11.7 Å². The number of ether oxygens (including phenoxy) is 2. The molecule has 1 fully saturated rings. The third-order valence-corrected chi connectivity index (χ3v) is 4.97. The lowest BCUT2D eigenvalue weighted by atomic mass is 9.98. The number of halogens is 1. The molecule has 3 rings (SSSR count). The van der Waals surface area contributed by atoms with Gasteiger partial charge in [-0.2, -0.15) is 9.97 Å². The summed E-state index contributed by atoms with van der Waals surface area (Å²) < 4.78 is 12.5. The molecule has 2 aromatic rings. The van der Waals surface area contributed by atoms with Crippen molar-refractivity contribution in [3.8, 4) is 0 Å². The minimum atomic E-state index is -0.614. The number of aromatic nitrogens is 4. The molecule has 11 heteroatoms. The SMILES string of the molecule is CC(C)(C)OC(=O)N1CCC[C@@H](Nc2nc(Cl)nc3c2ncn3COC(=O)C(C)(C)C)C1. The summed E-state index contributed by atoms with van der Waals surface area (Å²) in [6.45, 7) is 12.0. The lowest BCUT2D eigenvalue weighted by molar-refractivity contribution is -0.156. The van der Waals surface area contributed by atoms with Crippen molar-refractivity contribution in [2.24, 2.45) is 5.41 Å². The molecule has 0 saturated carbocycles. The van der Waals surface area contributed by atoms with Gasteiger partial charge in [0.1, 0.15) is 5.60 Å². The Morgan fingerprint density at radius 1 is 1.22 bits per heavy atom. The molecule has 0 aliphatic carbocycles. The van der Waals surface area contributed by atoms with Gasteiger partial charge in [-0.1, -0.05) is 0 Å². The maximum absolute atomic E-state index is 12.5. The summed E-state index contributed by atoms with van der Waals surface area (Å²) >= 11 is 6.16. The fraction of sp³-hybridized carbons (Fsp3) is 0.667. The summed E-state index contributed by atoms with van der Waals surface area (Å²) in [6.07, 6.45) is 2.88. The number of carbonyl (C=O) groups is 2. The molecule has 1 aliphatic rings. The van der Waals surface area contributed by atoms with Crippen molar-refractivity contribution >= 4 is 40.6 Å². The van der Waals surface area contributed by atoms with Crippen LogP contribution in [0.15, 0.2) is 6.33 Å². The summed E-state index contributed by atoms with van der Waals surface area (Å²) in [5, 5.41) is 3.39. The molecule has 1 saturated heterocycles. The molecule has 176 valence electrons. The van der Waals surface area contributed by atoms with Gasteiger partial charge in [0.2, 0.25) is 5.28 Å². The van der Waals surface area contributed by atoms with Crippen LogP contribution >= 0.6 is 11.6 Å². The van der Waals surface area contributed by atoms with Crippen LogP contribution in [-0.4, -0.2) is 61.2 Å². The Morgan fingerprint density at radius 2 is 1.94 bits per heavy atom. The molecule has 10 nitrogen and oxygen atoms in total. The minimum absolute atomic E-state index is 0.0325. The van der Waals surface area contributed by atoms with Crippen molar-refractivity contribution in [1.29, 1.82) is 0 Å². The second kappa shape index (κ2) is 9.09. The highest BCUT2D eigenvalue weighted by molar-refractivity contribution is 6.28. The van der Waals surface area contributed by atoms with Gasteiger partial charge in [0, 0.05) is 19.1 Å². The number of hydrogen-bond donors (Lipinski definition) is 1. The van der Waals surface area contributed by atoms with Crippen LogP contribution in [-0.2, 0) is 21.0 Å². The molecule has 3 heterocycles. The number of nitrogens with one attached hydrogen (secondary N) is 1. The maximum atomic E-state index is 12.5. The fourth-order valence-corrected chi connectivity index (χ4v) is 3.40. The van der Waals surface area contributed by atoms with E-state index < -0.39 is 11.0 Å². The number of carbonyl (C=O) groups excluding carboxylic acids is 2. The molecule has 1 atom stereocenters. The average molecular weight is 467 g/mol. The fourth-order valence-electron chi connectivity index (χ4n) is 3.24. The Hall–Kier alpha value is -2.62.